The molecule has 0 spiro atoms. The number of nitrogens with zero attached hydrogens (tertiary/aromatic N) is 2. The van der Waals surface area contributed by atoms with E-state index in [0.717, 1.165) is 25.3 Å². The molecule has 1 aliphatic heterocycles. The largest absolute Gasteiger partial charge is 0.364 e. The van der Waals surface area contributed by atoms with Crippen LogP contribution in [-0.2, 0) is 0 Å². The Balaban J connectivity index is 2.38. The first-order valence-electron chi connectivity index (χ1n) is 6.15. The number of aryl methyl sites for hydroxylation is 1. The Labute approximate surface area is 107 Å². The molecule has 0 unspecified atom stereocenters. The van der Waals surface area contributed by atoms with Gasteiger partial charge in [-0.05, 0) is 26.8 Å². The van der Waals surface area contributed by atoms with Crippen molar-refractivity contribution in [2.45, 2.75) is 26.3 Å². The Morgan fingerprint density at radius 1 is 1.44 bits per heavy atom. The van der Waals surface area contributed by atoms with E-state index in [0.29, 0.717) is 5.56 Å². The maximum Gasteiger partial charge on any atom is 0.274 e. The predicted octanol–water partition coefficient (Wildman–Crippen LogP) is 2.09. The third-order valence-corrected chi connectivity index (χ3v) is 3.50. The van der Waals surface area contributed by atoms with Crippen LogP contribution in [0.15, 0.2) is 18.2 Å². The summed E-state index contributed by atoms with van der Waals surface area (Å²) in [6, 6.07) is 5.48. The summed E-state index contributed by atoms with van der Waals surface area (Å²) >= 11 is 0. The lowest BCUT2D eigenvalue weighted by Crippen LogP contribution is -2.58. The number of benzene rings is 1. The molecule has 1 saturated heterocycles. The Kier molecular flexibility index (Phi) is 3.26. The van der Waals surface area contributed by atoms with Crippen molar-refractivity contribution >= 4 is 11.4 Å². The number of nitrogens with one attached hydrogen (secondary N) is 1. The molecule has 0 amide bonds. The molecule has 0 aromatic heterocycles. The average Bonchev–Trinajstić information content (AvgIpc) is 2.29. The first-order valence-corrected chi connectivity index (χ1v) is 6.15. The van der Waals surface area contributed by atoms with Crippen molar-refractivity contribution in [1.82, 2.24) is 5.32 Å². The Morgan fingerprint density at radius 2 is 2.17 bits per heavy atom. The molecular formula is C13H19N3O2. The summed E-state index contributed by atoms with van der Waals surface area (Å²) < 4.78 is 0. The van der Waals surface area contributed by atoms with Gasteiger partial charge in [0.1, 0.15) is 0 Å². The standard InChI is InChI=1S/C13H19N3O2/c1-10-4-5-11(8-12(10)16(17)18)15-7-6-14-9-13(15,2)3/h4-5,8,14H,6-7,9H2,1-3H3. The molecule has 1 fully saturated rings. The summed E-state index contributed by atoms with van der Waals surface area (Å²) in [5, 5.41) is 14.3. The fourth-order valence-electron chi connectivity index (χ4n) is 2.42. The van der Waals surface area contributed by atoms with Crippen molar-refractivity contribution in [3.05, 3.63) is 33.9 Å². The van der Waals surface area contributed by atoms with Gasteiger partial charge in [0.2, 0.25) is 0 Å². The highest BCUT2D eigenvalue weighted by Gasteiger charge is 2.30. The second kappa shape index (κ2) is 4.57. The van der Waals surface area contributed by atoms with Gasteiger partial charge in [0, 0.05) is 42.5 Å². The molecule has 0 radical (unpaired) electrons. The zero-order valence-electron chi connectivity index (χ0n) is 11.1. The van der Waals surface area contributed by atoms with Gasteiger partial charge in [-0.3, -0.25) is 10.1 Å². The van der Waals surface area contributed by atoms with Gasteiger partial charge < -0.3 is 10.2 Å². The van der Waals surface area contributed by atoms with E-state index in [9.17, 15) is 10.1 Å². The molecule has 1 aliphatic rings. The van der Waals surface area contributed by atoms with Crippen LogP contribution in [-0.4, -0.2) is 30.1 Å². The van der Waals surface area contributed by atoms with Gasteiger partial charge in [-0.25, -0.2) is 0 Å². The van der Waals surface area contributed by atoms with E-state index in [-0.39, 0.29) is 16.1 Å². The van der Waals surface area contributed by atoms with Crippen LogP contribution in [0.25, 0.3) is 0 Å². The van der Waals surface area contributed by atoms with Gasteiger partial charge in [-0.1, -0.05) is 6.07 Å². The van der Waals surface area contributed by atoms with E-state index in [2.05, 4.69) is 24.1 Å². The first-order chi connectivity index (χ1) is 8.42. The molecule has 5 heteroatoms. The third kappa shape index (κ3) is 2.31. The van der Waals surface area contributed by atoms with E-state index in [1.807, 2.05) is 12.1 Å². The van der Waals surface area contributed by atoms with Crippen LogP contribution in [0, 0.1) is 17.0 Å². The van der Waals surface area contributed by atoms with E-state index in [4.69, 9.17) is 0 Å². The summed E-state index contributed by atoms with van der Waals surface area (Å²) in [6.45, 7) is 8.72. The Hall–Kier alpha value is -1.62. The topological polar surface area (TPSA) is 58.4 Å². The molecule has 0 bridgehead atoms. The van der Waals surface area contributed by atoms with Crippen molar-refractivity contribution in [2.75, 3.05) is 24.5 Å². The number of nitro groups is 1. The summed E-state index contributed by atoms with van der Waals surface area (Å²) in [7, 11) is 0. The Morgan fingerprint density at radius 3 is 2.78 bits per heavy atom. The van der Waals surface area contributed by atoms with Crippen molar-refractivity contribution in [3.63, 3.8) is 0 Å². The van der Waals surface area contributed by atoms with Crippen LogP contribution in [0.1, 0.15) is 19.4 Å². The minimum absolute atomic E-state index is 0.0264. The van der Waals surface area contributed by atoms with E-state index in [1.54, 1.807) is 13.0 Å². The van der Waals surface area contributed by atoms with Crippen LogP contribution in [0.4, 0.5) is 11.4 Å². The number of rotatable bonds is 2. The maximum absolute atomic E-state index is 11.0. The van der Waals surface area contributed by atoms with Crippen LogP contribution in [0.3, 0.4) is 0 Å². The van der Waals surface area contributed by atoms with Crippen molar-refractivity contribution in [2.24, 2.45) is 0 Å². The normalized spacial score (nSPS) is 18.7. The summed E-state index contributed by atoms with van der Waals surface area (Å²) in [5.74, 6) is 0. The number of nitro benzene ring substituents is 1. The lowest BCUT2D eigenvalue weighted by molar-refractivity contribution is -0.385. The van der Waals surface area contributed by atoms with E-state index in [1.165, 1.54) is 0 Å². The zero-order valence-corrected chi connectivity index (χ0v) is 11.1. The predicted molar refractivity (Wildman–Crippen MR) is 72.1 cm³/mol. The lowest BCUT2D eigenvalue weighted by Gasteiger charge is -2.44. The molecule has 1 N–H and O–H groups in total. The minimum Gasteiger partial charge on any atom is -0.364 e. The fourth-order valence-corrected chi connectivity index (χ4v) is 2.42. The van der Waals surface area contributed by atoms with E-state index >= 15 is 0 Å². The highest BCUT2D eigenvalue weighted by Crippen LogP contribution is 2.30. The molecule has 0 atom stereocenters. The molecule has 5 nitrogen and oxygen atoms in total. The monoisotopic (exact) mass is 249 g/mol. The van der Waals surface area contributed by atoms with Gasteiger partial charge >= 0.3 is 0 Å². The molecule has 98 valence electrons. The molecule has 0 saturated carbocycles. The SMILES string of the molecule is Cc1ccc(N2CCNCC2(C)C)cc1[N+](=O)[O-]. The molecular weight excluding hydrogens is 230 g/mol. The molecule has 0 aliphatic carbocycles. The molecule has 1 heterocycles. The average molecular weight is 249 g/mol. The Bertz CT molecular complexity index is 471. The summed E-state index contributed by atoms with van der Waals surface area (Å²) in [5.41, 5.74) is 1.80. The quantitative estimate of drug-likeness (QED) is 0.644. The van der Waals surface area contributed by atoms with Crippen LogP contribution >= 0.6 is 0 Å². The lowest BCUT2D eigenvalue weighted by atomic mass is 9.98. The van der Waals surface area contributed by atoms with Crippen molar-refractivity contribution in [3.8, 4) is 0 Å². The van der Waals surface area contributed by atoms with E-state index < -0.39 is 0 Å². The number of anilines is 1. The van der Waals surface area contributed by atoms with Gasteiger partial charge in [-0.2, -0.15) is 0 Å². The maximum atomic E-state index is 11.0. The van der Waals surface area contributed by atoms with Crippen molar-refractivity contribution in [1.29, 1.82) is 0 Å². The fraction of sp³-hybridized carbons (Fsp3) is 0.538. The number of hydrogen-bond donors (Lipinski definition) is 1. The second-order valence-corrected chi connectivity index (χ2v) is 5.37. The molecule has 2 rings (SSSR count). The number of piperazine rings is 1. The third-order valence-electron chi connectivity index (χ3n) is 3.50. The summed E-state index contributed by atoms with van der Waals surface area (Å²) in [6.07, 6.45) is 0. The van der Waals surface area contributed by atoms with Crippen LogP contribution in [0.5, 0.6) is 0 Å². The number of hydrogen-bond acceptors (Lipinski definition) is 4. The van der Waals surface area contributed by atoms with Gasteiger partial charge in [0.15, 0.2) is 0 Å². The minimum atomic E-state index is -0.311. The van der Waals surface area contributed by atoms with Crippen molar-refractivity contribution < 1.29 is 4.92 Å². The summed E-state index contributed by atoms with van der Waals surface area (Å²) in [4.78, 5) is 12.9. The molecule has 18 heavy (non-hydrogen) atoms. The van der Waals surface area contributed by atoms with Crippen LogP contribution in [0.2, 0.25) is 0 Å². The molecule has 1 aromatic rings. The molecule has 1 aromatic carbocycles. The highest BCUT2D eigenvalue weighted by molar-refractivity contribution is 5.58. The smallest absolute Gasteiger partial charge is 0.274 e. The first kappa shape index (κ1) is 12.8. The van der Waals surface area contributed by atoms with Gasteiger partial charge in [0.05, 0.1) is 4.92 Å². The van der Waals surface area contributed by atoms with Gasteiger partial charge in [-0.15, -0.1) is 0 Å². The second-order valence-electron chi connectivity index (χ2n) is 5.37. The van der Waals surface area contributed by atoms with Gasteiger partial charge in [0.25, 0.3) is 5.69 Å². The highest BCUT2D eigenvalue weighted by atomic mass is 16.6. The van der Waals surface area contributed by atoms with Crippen LogP contribution < -0.4 is 10.2 Å². The zero-order chi connectivity index (χ0) is 13.3.